The van der Waals surface area contributed by atoms with Crippen molar-refractivity contribution < 1.29 is 53.8 Å². The van der Waals surface area contributed by atoms with Gasteiger partial charge in [0.05, 0.1) is 6.42 Å². The third kappa shape index (κ3) is 4.08. The minimum atomic E-state index is -1.20. The van der Waals surface area contributed by atoms with Crippen molar-refractivity contribution in [2.45, 2.75) is 90.6 Å². The minimum absolute atomic E-state index is 0. The molecule has 0 saturated heterocycles. The van der Waals surface area contributed by atoms with E-state index < -0.39 is 11.9 Å². The van der Waals surface area contributed by atoms with Gasteiger partial charge in [-0.25, -0.2) is 0 Å². The van der Waals surface area contributed by atoms with Crippen molar-refractivity contribution in [3.05, 3.63) is 0 Å². The van der Waals surface area contributed by atoms with Crippen molar-refractivity contribution in [3.8, 4) is 0 Å². The quantitative estimate of drug-likeness (QED) is 0.481. The summed E-state index contributed by atoms with van der Waals surface area (Å²) in [5.41, 5.74) is 0.299. The molecule has 4 rings (SSSR count). The molecule has 0 aromatic rings. The van der Waals surface area contributed by atoms with Gasteiger partial charge in [-0.1, -0.05) is 13.8 Å². The molecule has 4 aliphatic carbocycles. The topological polar surface area (TPSA) is 83.5 Å². The summed E-state index contributed by atoms with van der Waals surface area (Å²) in [6.45, 7) is 4.73. The van der Waals surface area contributed by atoms with Crippen LogP contribution in [-0.4, -0.2) is 23.8 Å². The molecule has 0 aromatic carbocycles. The number of ketones is 1. The van der Waals surface area contributed by atoms with E-state index in [1.807, 2.05) is 0 Å². The van der Waals surface area contributed by atoms with Crippen LogP contribution in [0.4, 0.5) is 0 Å². The fraction of sp³-hybridized carbons (Fsp3) is 0.870. The Balaban J connectivity index is 0.00000240. The molecule has 29 heavy (non-hydrogen) atoms. The van der Waals surface area contributed by atoms with Gasteiger partial charge in [0.15, 0.2) is 0 Å². The Bertz CT molecular complexity index is 678. The number of aliphatic carboxylic acids is 1. The molecule has 156 valence electrons. The molecule has 4 fully saturated rings. The van der Waals surface area contributed by atoms with Gasteiger partial charge in [-0.05, 0) is 80.5 Å². The number of carboxylic acid groups (broad SMARTS) is 1. The number of fused-ring (bicyclic) bond motifs is 5. The Hall–Kier alpha value is -0.390. The first kappa shape index (κ1) is 23.3. The minimum Gasteiger partial charge on any atom is -0.550 e. The van der Waals surface area contributed by atoms with Crippen LogP contribution in [0, 0.1) is 34.5 Å². The van der Waals surface area contributed by atoms with Crippen LogP contribution in [0.1, 0.15) is 84.5 Å². The largest absolute Gasteiger partial charge is 1.00 e. The van der Waals surface area contributed by atoms with Gasteiger partial charge in [-0.15, -0.1) is 0 Å². The molecule has 0 N–H and O–H groups in total. The molecule has 0 heterocycles. The predicted octanol–water partition coefficient (Wildman–Crippen LogP) is 0.0441. The van der Waals surface area contributed by atoms with Crippen LogP contribution in [-0.2, 0) is 19.1 Å². The summed E-state index contributed by atoms with van der Waals surface area (Å²) in [5.74, 6) is 1.32. The van der Waals surface area contributed by atoms with Crippen molar-refractivity contribution in [2.24, 2.45) is 34.5 Å². The first-order valence-electron chi connectivity index (χ1n) is 11.1. The van der Waals surface area contributed by atoms with Crippen LogP contribution >= 0.6 is 0 Å². The Kier molecular flexibility index (Phi) is 6.92. The monoisotopic (exact) mass is 412 g/mol. The Labute approximate surface area is 196 Å². The zero-order valence-corrected chi connectivity index (χ0v) is 20.2. The second-order valence-electron chi connectivity index (χ2n) is 10.4. The van der Waals surface area contributed by atoms with Gasteiger partial charge >= 0.3 is 35.5 Å². The Morgan fingerprint density at radius 3 is 2.45 bits per heavy atom. The van der Waals surface area contributed by atoms with Crippen LogP contribution in [0.25, 0.3) is 0 Å². The zero-order chi connectivity index (χ0) is 20.1. The molecule has 0 aromatic heterocycles. The number of hydrogen-bond donors (Lipinski definition) is 0. The summed E-state index contributed by atoms with van der Waals surface area (Å²) in [5, 5.41) is 10.6. The number of rotatable bonds is 4. The SMILES string of the molecule is C[C@]12CCC3C(CC[C@@H]4CC(=O)CC[C@]34C)C1CC[C@@H]2OC(=O)CCC(=O)[O-].[Na+]. The Morgan fingerprint density at radius 2 is 1.72 bits per heavy atom. The average molecular weight is 413 g/mol. The van der Waals surface area contributed by atoms with E-state index in [1.54, 1.807) is 0 Å². The van der Waals surface area contributed by atoms with Gasteiger partial charge < -0.3 is 14.6 Å². The molecule has 0 aliphatic heterocycles. The van der Waals surface area contributed by atoms with Gasteiger partial charge in [0.25, 0.3) is 0 Å². The van der Waals surface area contributed by atoms with E-state index >= 15 is 0 Å². The summed E-state index contributed by atoms with van der Waals surface area (Å²) in [6, 6.07) is 0. The fourth-order valence-electron chi connectivity index (χ4n) is 7.61. The summed E-state index contributed by atoms with van der Waals surface area (Å²) >= 11 is 0. The second-order valence-corrected chi connectivity index (χ2v) is 10.4. The normalized spacial score (nSPS) is 43.4. The Morgan fingerprint density at radius 1 is 1.00 bits per heavy atom. The third-order valence-corrected chi connectivity index (χ3v) is 9.20. The van der Waals surface area contributed by atoms with E-state index in [2.05, 4.69) is 13.8 Å². The molecular formula is C23H33NaO5. The average Bonchev–Trinajstić information content (AvgIpc) is 2.97. The summed E-state index contributed by atoms with van der Waals surface area (Å²) in [4.78, 5) is 34.7. The van der Waals surface area contributed by atoms with Gasteiger partial charge in [0.2, 0.25) is 0 Å². The number of carboxylic acids is 1. The number of carbonyl (C=O) groups is 3. The standard InChI is InChI=1S/C23H34O5.Na/c1-22-11-9-15(24)13-14(22)3-4-16-17-5-6-19(23(17,2)12-10-18(16)22)28-21(27)8-7-20(25)26;/h14,16-19H,3-13H2,1-2H3,(H,25,26);/q;+1/p-1/t14-,16?,17?,18?,19+,22+,23+;/m1./s1. The molecule has 0 radical (unpaired) electrons. The zero-order valence-electron chi connectivity index (χ0n) is 18.2. The summed E-state index contributed by atoms with van der Waals surface area (Å²) in [6.07, 6.45) is 8.67. The molecule has 6 heteroatoms. The molecular weight excluding hydrogens is 379 g/mol. The smallest absolute Gasteiger partial charge is 0.550 e. The number of ether oxygens (including phenoxy) is 1. The van der Waals surface area contributed by atoms with Crippen LogP contribution < -0.4 is 34.7 Å². The molecule has 0 spiro atoms. The third-order valence-electron chi connectivity index (χ3n) is 9.20. The fourth-order valence-corrected chi connectivity index (χ4v) is 7.61. The van der Waals surface area contributed by atoms with Crippen LogP contribution in [0.5, 0.6) is 0 Å². The van der Waals surface area contributed by atoms with Gasteiger partial charge in [-0.2, -0.15) is 0 Å². The van der Waals surface area contributed by atoms with Crippen molar-refractivity contribution in [1.82, 2.24) is 0 Å². The number of carbonyl (C=O) groups excluding carboxylic acids is 3. The molecule has 7 atom stereocenters. The van der Waals surface area contributed by atoms with E-state index in [0.29, 0.717) is 34.9 Å². The maximum absolute atomic E-state index is 12.1. The number of esters is 1. The summed E-state index contributed by atoms with van der Waals surface area (Å²) < 4.78 is 5.79. The first-order valence-corrected chi connectivity index (χ1v) is 11.1. The maximum atomic E-state index is 12.1. The van der Waals surface area contributed by atoms with Crippen LogP contribution in [0.15, 0.2) is 0 Å². The van der Waals surface area contributed by atoms with E-state index in [-0.39, 0.29) is 53.9 Å². The maximum Gasteiger partial charge on any atom is 1.00 e. The van der Waals surface area contributed by atoms with Gasteiger partial charge in [-0.3, -0.25) is 9.59 Å². The van der Waals surface area contributed by atoms with E-state index in [1.165, 1.54) is 6.42 Å². The molecule has 4 aliphatic rings. The molecule has 0 amide bonds. The molecule has 3 unspecified atom stereocenters. The predicted molar refractivity (Wildman–Crippen MR) is 101 cm³/mol. The van der Waals surface area contributed by atoms with E-state index in [4.69, 9.17) is 4.74 Å². The number of hydrogen-bond acceptors (Lipinski definition) is 5. The molecule has 0 bridgehead atoms. The van der Waals surface area contributed by atoms with E-state index in [9.17, 15) is 19.5 Å². The van der Waals surface area contributed by atoms with Crippen molar-refractivity contribution in [1.29, 1.82) is 0 Å². The van der Waals surface area contributed by atoms with Gasteiger partial charge in [0, 0.05) is 24.2 Å². The van der Waals surface area contributed by atoms with Crippen molar-refractivity contribution >= 4 is 17.7 Å². The van der Waals surface area contributed by atoms with Crippen molar-refractivity contribution in [3.63, 3.8) is 0 Å². The van der Waals surface area contributed by atoms with Crippen LogP contribution in [0.2, 0.25) is 0 Å². The second kappa shape index (κ2) is 8.63. The van der Waals surface area contributed by atoms with Gasteiger partial charge in [0.1, 0.15) is 11.9 Å². The number of Topliss-reactive ketones (excluding diaryl/α,β-unsaturated/α-hetero) is 1. The van der Waals surface area contributed by atoms with Crippen molar-refractivity contribution in [2.75, 3.05) is 0 Å². The summed E-state index contributed by atoms with van der Waals surface area (Å²) in [7, 11) is 0. The molecule has 5 nitrogen and oxygen atoms in total. The molecule has 4 saturated carbocycles. The van der Waals surface area contributed by atoms with E-state index in [0.717, 1.165) is 51.4 Å². The van der Waals surface area contributed by atoms with Crippen LogP contribution in [0.3, 0.4) is 0 Å². The first-order chi connectivity index (χ1) is 13.2.